The van der Waals surface area contributed by atoms with E-state index < -0.39 is 7.81 Å². The van der Waals surface area contributed by atoms with Crippen molar-refractivity contribution in [2.45, 2.75) is 14.7 Å². The van der Waals surface area contributed by atoms with Crippen molar-refractivity contribution in [3.8, 4) is 11.1 Å². The summed E-state index contributed by atoms with van der Waals surface area (Å²) in [6.07, 6.45) is 2.16. The zero-order valence-corrected chi connectivity index (χ0v) is 17.2. The van der Waals surface area contributed by atoms with Gasteiger partial charge in [-0.2, -0.15) is 0 Å². The van der Waals surface area contributed by atoms with E-state index >= 15 is 0 Å². The van der Waals surface area contributed by atoms with Crippen LogP contribution in [0.5, 0.6) is 0 Å². The molecular weight excluding hydrogens is 437 g/mol. The molecule has 3 aromatic carbocycles. The molecule has 0 spiro atoms. The van der Waals surface area contributed by atoms with Crippen LogP contribution in [0.3, 0.4) is 0 Å². The molecule has 0 aliphatic heterocycles. The maximum atomic E-state index is 9.87. The van der Waals surface area contributed by atoms with Crippen molar-refractivity contribution in [3.63, 3.8) is 0 Å². The second kappa shape index (κ2) is 8.01. The van der Waals surface area contributed by atoms with Gasteiger partial charge in [-0.05, 0) is 59.7 Å². The van der Waals surface area contributed by atoms with E-state index in [1.165, 1.54) is 37.6 Å². The van der Waals surface area contributed by atoms with Crippen molar-refractivity contribution in [1.29, 1.82) is 0 Å². The van der Waals surface area contributed by atoms with E-state index in [-0.39, 0.29) is 0 Å². The molecule has 0 amide bonds. The summed E-state index contributed by atoms with van der Waals surface area (Å²) in [5.74, 6) is 0. The Morgan fingerprint density at radius 2 is 1.00 bits per heavy atom. The molecule has 0 N–H and O–H groups in total. The monoisotopic (exact) mass is 454 g/mol. The van der Waals surface area contributed by atoms with Crippen LogP contribution < -0.4 is 0 Å². The molecule has 0 unspecified atom stereocenters. The van der Waals surface area contributed by atoms with Gasteiger partial charge in [0.2, 0.25) is 0 Å². The Morgan fingerprint density at radius 3 is 1.43 bits per heavy atom. The Kier molecular flexibility index (Phi) is 6.48. The van der Waals surface area contributed by atoms with Gasteiger partial charge in [-0.15, -0.1) is 0 Å². The van der Waals surface area contributed by atoms with Gasteiger partial charge in [0.15, 0.2) is 4.90 Å². The second-order valence-corrected chi connectivity index (χ2v) is 9.70. The zero-order chi connectivity index (χ0) is 20.9. The molecule has 0 fully saturated rings. The molecule has 28 heavy (non-hydrogen) atoms. The molecule has 0 bridgehead atoms. The Bertz CT molecular complexity index is 882. The van der Waals surface area contributed by atoms with Gasteiger partial charge < -0.3 is 0 Å². The van der Waals surface area contributed by atoms with Crippen molar-refractivity contribution < 1.29 is 25.2 Å². The number of benzene rings is 3. The molecule has 0 aliphatic carbocycles. The van der Waals surface area contributed by atoms with Crippen LogP contribution in [0.25, 0.3) is 11.1 Å². The van der Waals surface area contributed by atoms with Crippen LogP contribution in [-0.2, 0) is 11.8 Å². The minimum atomic E-state index is -10.7. The third-order valence-corrected chi connectivity index (χ3v) is 5.12. The first-order valence-corrected chi connectivity index (χ1v) is 12.1. The molecular formula is C19H17F6PS2. The van der Waals surface area contributed by atoms with E-state index in [2.05, 4.69) is 79.1 Å². The first-order chi connectivity index (χ1) is 12.8. The molecule has 0 heterocycles. The summed E-state index contributed by atoms with van der Waals surface area (Å²) < 4.78 is 59.2. The summed E-state index contributed by atoms with van der Waals surface area (Å²) in [5, 5.41) is 0. The number of hydrogen-bond donors (Lipinski definition) is 0. The maximum absolute atomic E-state index is 10.7. The molecule has 3 aromatic rings. The normalized spacial score (nSPS) is 13.7. The molecule has 152 valence electrons. The van der Waals surface area contributed by atoms with Crippen LogP contribution in [0, 0.1) is 0 Å². The number of thiol groups is 1. The van der Waals surface area contributed by atoms with Gasteiger partial charge in [0, 0.05) is 21.6 Å². The summed E-state index contributed by atoms with van der Waals surface area (Å²) in [6, 6.07) is 28.1. The van der Waals surface area contributed by atoms with Gasteiger partial charge in [0.25, 0.3) is 0 Å². The number of hydrogen-bond acceptors (Lipinski definition) is 1. The van der Waals surface area contributed by atoms with E-state index in [4.69, 9.17) is 0 Å². The van der Waals surface area contributed by atoms with E-state index in [0.29, 0.717) is 0 Å². The quantitative estimate of drug-likeness (QED) is 0.164. The average Bonchev–Trinajstić information content (AvgIpc) is 2.61. The molecule has 0 atom stereocenters. The van der Waals surface area contributed by atoms with Crippen LogP contribution in [0.4, 0.5) is 25.2 Å². The van der Waals surface area contributed by atoms with Crippen LogP contribution in [-0.4, -0.2) is 6.26 Å². The first kappa shape index (κ1) is 22.7. The van der Waals surface area contributed by atoms with Crippen molar-refractivity contribution in [2.24, 2.45) is 0 Å². The predicted octanol–water partition coefficient (Wildman–Crippen LogP) is 8.69. The predicted molar refractivity (Wildman–Crippen MR) is 109 cm³/mol. The minimum absolute atomic E-state index is 1.27. The van der Waals surface area contributed by atoms with E-state index in [1.807, 2.05) is 6.07 Å². The fourth-order valence-corrected chi connectivity index (χ4v) is 3.43. The Morgan fingerprint density at radius 1 is 0.607 bits per heavy atom. The van der Waals surface area contributed by atoms with Crippen molar-refractivity contribution >= 4 is 31.3 Å². The van der Waals surface area contributed by atoms with Crippen LogP contribution >= 0.6 is 19.6 Å². The third kappa shape index (κ3) is 10.1. The van der Waals surface area contributed by atoms with Gasteiger partial charge in [-0.3, -0.25) is 0 Å². The summed E-state index contributed by atoms with van der Waals surface area (Å²) in [6.45, 7) is 0. The summed E-state index contributed by atoms with van der Waals surface area (Å²) in [7, 11) is -10.7. The summed E-state index contributed by atoms with van der Waals surface area (Å²) in [4.78, 5) is 3.90. The molecule has 0 aliphatic rings. The van der Waals surface area contributed by atoms with E-state index in [9.17, 15) is 25.2 Å². The van der Waals surface area contributed by atoms with E-state index in [0.717, 1.165) is 0 Å². The van der Waals surface area contributed by atoms with E-state index in [1.54, 1.807) is 11.8 Å². The number of halogens is 6. The first-order valence-electron chi connectivity index (χ1n) is 7.90. The summed E-state index contributed by atoms with van der Waals surface area (Å²) >= 11 is 3.11. The van der Waals surface area contributed by atoms with Gasteiger partial charge >= 0.3 is 33.0 Å². The molecule has 0 saturated carbocycles. The van der Waals surface area contributed by atoms with Gasteiger partial charge in [-0.25, -0.2) is 0 Å². The zero-order valence-electron chi connectivity index (χ0n) is 14.6. The molecule has 3 rings (SSSR count). The SMILES string of the molecule is C[SH+]c1ccc(-c2ccc(Sc3ccccc3)cc2)cc1.F[P-](F)(F)(F)(F)F. The van der Waals surface area contributed by atoms with Crippen molar-refractivity contribution in [3.05, 3.63) is 78.9 Å². The Labute approximate surface area is 167 Å². The Hall–Kier alpha value is -1.63. The molecule has 0 radical (unpaired) electrons. The molecule has 9 heteroatoms. The van der Waals surface area contributed by atoms with Gasteiger partial charge in [0.1, 0.15) is 6.26 Å². The molecule has 0 saturated heterocycles. The van der Waals surface area contributed by atoms with Crippen molar-refractivity contribution in [2.75, 3.05) is 6.26 Å². The fourth-order valence-electron chi connectivity index (χ4n) is 2.14. The Balaban J connectivity index is 0.000000345. The molecule has 0 aromatic heterocycles. The standard InChI is InChI=1S/C19H16S2.F6P/c1-20-17-11-7-15(8-12-17)16-9-13-19(14-10-16)21-18-5-3-2-4-6-18;1-7(2,3,4,5)6/h2-14H,1H3;/q;-1/p+1. The van der Waals surface area contributed by atoms with Gasteiger partial charge in [0.05, 0.1) is 0 Å². The summed E-state index contributed by atoms with van der Waals surface area (Å²) in [5.41, 5.74) is 2.55. The molecule has 0 nitrogen and oxygen atoms in total. The van der Waals surface area contributed by atoms with Crippen LogP contribution in [0.1, 0.15) is 0 Å². The topological polar surface area (TPSA) is 0 Å². The second-order valence-electron chi connectivity index (χ2n) is 5.67. The van der Waals surface area contributed by atoms with Crippen LogP contribution in [0.2, 0.25) is 0 Å². The fraction of sp³-hybridized carbons (Fsp3) is 0.0526. The third-order valence-electron chi connectivity index (χ3n) is 3.29. The number of rotatable bonds is 4. The van der Waals surface area contributed by atoms with Gasteiger partial charge in [-0.1, -0.05) is 42.1 Å². The van der Waals surface area contributed by atoms with Crippen LogP contribution in [0.15, 0.2) is 93.5 Å². The average molecular weight is 454 g/mol. The van der Waals surface area contributed by atoms with Crippen molar-refractivity contribution in [1.82, 2.24) is 0 Å².